The zero-order valence-electron chi connectivity index (χ0n) is 10.7. The highest BCUT2D eigenvalue weighted by molar-refractivity contribution is 5.29. The summed E-state index contributed by atoms with van der Waals surface area (Å²) in [7, 11) is 1.68. The van der Waals surface area contributed by atoms with Crippen molar-refractivity contribution in [3.05, 3.63) is 47.9 Å². The Labute approximate surface area is 107 Å². The molecule has 1 aromatic carbocycles. The lowest BCUT2D eigenvalue weighted by molar-refractivity contribution is 0.403. The van der Waals surface area contributed by atoms with Gasteiger partial charge >= 0.3 is 0 Å². The van der Waals surface area contributed by atoms with Crippen LogP contribution in [0.25, 0.3) is 0 Å². The van der Waals surface area contributed by atoms with E-state index in [2.05, 4.69) is 29.5 Å². The van der Waals surface area contributed by atoms with Gasteiger partial charge in [-0.1, -0.05) is 24.2 Å². The average molecular weight is 246 g/mol. The van der Waals surface area contributed by atoms with Crippen LogP contribution >= 0.6 is 0 Å². The molecule has 0 saturated carbocycles. The number of rotatable bonds is 6. The third kappa shape index (κ3) is 3.11. The molecular formula is C14H18N2O2. The monoisotopic (exact) mass is 246 g/mol. The first-order chi connectivity index (χ1) is 8.83. The van der Waals surface area contributed by atoms with Crippen LogP contribution in [0.3, 0.4) is 0 Å². The van der Waals surface area contributed by atoms with Gasteiger partial charge in [0.05, 0.1) is 12.8 Å². The fourth-order valence-electron chi connectivity index (χ4n) is 1.89. The van der Waals surface area contributed by atoms with Gasteiger partial charge in [0.25, 0.3) is 0 Å². The standard InChI is InChI=1S/C14H18N2O2/c1-3-14(15-10-12-8-9-18-16-12)11-4-6-13(17-2)7-5-11/h4-9,14-15H,3,10H2,1-2H3. The SMILES string of the molecule is CCC(NCc1ccon1)c1ccc(OC)cc1. The number of benzene rings is 1. The molecule has 0 radical (unpaired) electrons. The minimum absolute atomic E-state index is 0.313. The van der Waals surface area contributed by atoms with Crippen LogP contribution < -0.4 is 10.1 Å². The van der Waals surface area contributed by atoms with Crippen molar-refractivity contribution in [3.63, 3.8) is 0 Å². The molecule has 0 fully saturated rings. The van der Waals surface area contributed by atoms with Crippen molar-refractivity contribution in [2.75, 3.05) is 7.11 Å². The van der Waals surface area contributed by atoms with Crippen molar-refractivity contribution in [1.29, 1.82) is 0 Å². The van der Waals surface area contributed by atoms with E-state index >= 15 is 0 Å². The van der Waals surface area contributed by atoms with Gasteiger partial charge in [-0.3, -0.25) is 0 Å². The van der Waals surface area contributed by atoms with E-state index in [-0.39, 0.29) is 0 Å². The quantitative estimate of drug-likeness (QED) is 0.851. The first kappa shape index (κ1) is 12.6. The molecule has 4 heteroatoms. The fraction of sp³-hybridized carbons (Fsp3) is 0.357. The van der Waals surface area contributed by atoms with Crippen LogP contribution in [0.4, 0.5) is 0 Å². The van der Waals surface area contributed by atoms with Gasteiger partial charge in [-0.25, -0.2) is 0 Å². The molecule has 2 aromatic rings. The summed E-state index contributed by atoms with van der Waals surface area (Å²) in [6.07, 6.45) is 2.61. The third-order valence-electron chi connectivity index (χ3n) is 2.95. The highest BCUT2D eigenvalue weighted by Gasteiger charge is 2.09. The lowest BCUT2D eigenvalue weighted by atomic mass is 10.0. The van der Waals surface area contributed by atoms with Crippen LogP contribution in [0.15, 0.2) is 41.1 Å². The van der Waals surface area contributed by atoms with Crippen molar-refractivity contribution in [3.8, 4) is 5.75 Å². The Morgan fingerprint density at radius 3 is 2.61 bits per heavy atom. The Kier molecular flexibility index (Phi) is 4.36. The summed E-state index contributed by atoms with van der Waals surface area (Å²) in [5, 5.41) is 7.35. The predicted octanol–water partition coefficient (Wildman–Crippen LogP) is 2.92. The molecule has 18 heavy (non-hydrogen) atoms. The second-order valence-corrected chi connectivity index (χ2v) is 4.11. The van der Waals surface area contributed by atoms with Crippen molar-refractivity contribution in [2.45, 2.75) is 25.9 Å². The topological polar surface area (TPSA) is 47.3 Å². The van der Waals surface area contributed by atoms with Gasteiger partial charge in [-0.15, -0.1) is 0 Å². The number of ether oxygens (including phenoxy) is 1. The second-order valence-electron chi connectivity index (χ2n) is 4.11. The minimum Gasteiger partial charge on any atom is -0.497 e. The molecule has 1 heterocycles. The molecule has 0 aliphatic carbocycles. The molecule has 0 aliphatic heterocycles. The predicted molar refractivity (Wildman–Crippen MR) is 69.4 cm³/mol. The van der Waals surface area contributed by atoms with Gasteiger partial charge in [-0.05, 0) is 24.1 Å². The molecular weight excluding hydrogens is 228 g/mol. The van der Waals surface area contributed by atoms with E-state index in [4.69, 9.17) is 9.26 Å². The van der Waals surface area contributed by atoms with Crippen LogP contribution in [0.5, 0.6) is 5.75 Å². The second kappa shape index (κ2) is 6.21. The Bertz CT molecular complexity index is 451. The summed E-state index contributed by atoms with van der Waals surface area (Å²) < 4.78 is 9.97. The average Bonchev–Trinajstić information content (AvgIpc) is 2.93. The summed E-state index contributed by atoms with van der Waals surface area (Å²) in [4.78, 5) is 0. The van der Waals surface area contributed by atoms with E-state index in [1.807, 2.05) is 18.2 Å². The summed E-state index contributed by atoms with van der Waals surface area (Å²) >= 11 is 0. The zero-order valence-corrected chi connectivity index (χ0v) is 10.7. The van der Waals surface area contributed by atoms with Crippen molar-refractivity contribution in [1.82, 2.24) is 10.5 Å². The largest absolute Gasteiger partial charge is 0.497 e. The molecule has 1 atom stereocenters. The molecule has 1 unspecified atom stereocenters. The lowest BCUT2D eigenvalue weighted by Gasteiger charge is -2.16. The first-order valence-electron chi connectivity index (χ1n) is 6.10. The van der Waals surface area contributed by atoms with E-state index in [0.717, 1.165) is 17.9 Å². The van der Waals surface area contributed by atoms with Gasteiger partial charge in [-0.2, -0.15) is 0 Å². The molecule has 0 spiro atoms. The summed E-state index contributed by atoms with van der Waals surface area (Å²) in [6.45, 7) is 2.87. The van der Waals surface area contributed by atoms with Gasteiger partial charge in [0.2, 0.25) is 0 Å². The fourth-order valence-corrected chi connectivity index (χ4v) is 1.89. The zero-order chi connectivity index (χ0) is 12.8. The van der Waals surface area contributed by atoms with Crippen LogP contribution in [0.2, 0.25) is 0 Å². The maximum absolute atomic E-state index is 5.16. The molecule has 0 amide bonds. The first-order valence-corrected chi connectivity index (χ1v) is 6.10. The van der Waals surface area contributed by atoms with E-state index in [1.54, 1.807) is 13.4 Å². The Balaban J connectivity index is 1.98. The third-order valence-corrected chi connectivity index (χ3v) is 2.95. The van der Waals surface area contributed by atoms with Crippen LogP contribution in [-0.2, 0) is 6.54 Å². The van der Waals surface area contributed by atoms with Crippen molar-refractivity contribution >= 4 is 0 Å². The van der Waals surface area contributed by atoms with Crippen LogP contribution in [-0.4, -0.2) is 12.3 Å². The maximum Gasteiger partial charge on any atom is 0.124 e. The molecule has 0 saturated heterocycles. The Morgan fingerprint density at radius 2 is 2.06 bits per heavy atom. The minimum atomic E-state index is 0.313. The summed E-state index contributed by atoms with van der Waals surface area (Å²) in [6, 6.07) is 10.3. The van der Waals surface area contributed by atoms with Crippen LogP contribution in [0.1, 0.15) is 30.6 Å². The Hall–Kier alpha value is -1.81. The number of methoxy groups -OCH3 is 1. The highest BCUT2D eigenvalue weighted by atomic mass is 16.5. The molecule has 1 aromatic heterocycles. The Morgan fingerprint density at radius 1 is 1.28 bits per heavy atom. The normalized spacial score (nSPS) is 12.3. The van der Waals surface area contributed by atoms with E-state index in [9.17, 15) is 0 Å². The van der Waals surface area contributed by atoms with Crippen molar-refractivity contribution < 1.29 is 9.26 Å². The van der Waals surface area contributed by atoms with E-state index < -0.39 is 0 Å². The summed E-state index contributed by atoms with van der Waals surface area (Å²) in [5.74, 6) is 0.880. The van der Waals surface area contributed by atoms with Gasteiger partial charge < -0.3 is 14.6 Å². The summed E-state index contributed by atoms with van der Waals surface area (Å²) in [5.41, 5.74) is 2.17. The van der Waals surface area contributed by atoms with Crippen molar-refractivity contribution in [2.24, 2.45) is 0 Å². The molecule has 4 nitrogen and oxygen atoms in total. The molecule has 0 bridgehead atoms. The number of aromatic nitrogens is 1. The van der Waals surface area contributed by atoms with E-state index in [0.29, 0.717) is 12.6 Å². The molecule has 1 N–H and O–H groups in total. The number of hydrogen-bond donors (Lipinski definition) is 1. The van der Waals surface area contributed by atoms with Gasteiger partial charge in [0, 0.05) is 18.7 Å². The highest BCUT2D eigenvalue weighted by Crippen LogP contribution is 2.20. The molecule has 2 rings (SSSR count). The lowest BCUT2D eigenvalue weighted by Crippen LogP contribution is -2.20. The maximum atomic E-state index is 5.16. The van der Waals surface area contributed by atoms with Crippen LogP contribution in [0, 0.1) is 0 Å². The van der Waals surface area contributed by atoms with Gasteiger partial charge in [0.1, 0.15) is 12.0 Å². The molecule has 96 valence electrons. The number of nitrogens with zero attached hydrogens (tertiary/aromatic N) is 1. The number of nitrogens with one attached hydrogen (secondary N) is 1. The van der Waals surface area contributed by atoms with Gasteiger partial charge in [0.15, 0.2) is 0 Å². The molecule has 0 aliphatic rings. The smallest absolute Gasteiger partial charge is 0.124 e. The number of hydrogen-bond acceptors (Lipinski definition) is 4. The van der Waals surface area contributed by atoms with E-state index in [1.165, 1.54) is 5.56 Å².